The van der Waals surface area contributed by atoms with Gasteiger partial charge in [0.25, 0.3) is 11.8 Å². The van der Waals surface area contributed by atoms with Crippen LogP contribution in [0.15, 0.2) is 24.4 Å². The number of amides is 2. The quantitative estimate of drug-likeness (QED) is 0.597. The number of nitrogens with zero attached hydrogens (tertiary/aromatic N) is 2. The number of sulfone groups is 1. The summed E-state index contributed by atoms with van der Waals surface area (Å²) in [6.45, 7) is 1.09. The number of carbonyl (C=O) groups is 2. The fourth-order valence-electron chi connectivity index (χ4n) is 4.39. The van der Waals surface area contributed by atoms with Crippen molar-refractivity contribution in [2.75, 3.05) is 29.9 Å². The van der Waals surface area contributed by atoms with Crippen molar-refractivity contribution in [3.63, 3.8) is 0 Å². The lowest BCUT2D eigenvalue weighted by atomic mass is 9.90. The Bertz CT molecular complexity index is 1110. The van der Waals surface area contributed by atoms with Crippen LogP contribution >= 0.6 is 0 Å². The highest BCUT2D eigenvalue weighted by Gasteiger charge is 2.31. The van der Waals surface area contributed by atoms with Crippen LogP contribution in [0.2, 0.25) is 0 Å². The fraction of sp³-hybridized carbons (Fsp3) is 0.476. The average Bonchev–Trinajstić information content (AvgIpc) is 3.22. The van der Waals surface area contributed by atoms with E-state index in [0.29, 0.717) is 19.1 Å². The first kappa shape index (κ1) is 23.3. The summed E-state index contributed by atoms with van der Waals surface area (Å²) < 4.78 is 51.0. The molecule has 4 rings (SSSR count). The summed E-state index contributed by atoms with van der Waals surface area (Å²) in [6, 6.07) is 3.31. The molecule has 12 heteroatoms. The van der Waals surface area contributed by atoms with Crippen LogP contribution in [0.4, 0.5) is 14.5 Å². The first-order valence-electron chi connectivity index (χ1n) is 10.8. The molecule has 1 saturated carbocycles. The largest absolute Gasteiger partial charge is 0.348 e. The molecular weight excluding hydrogens is 456 g/mol. The number of anilines is 1. The molecular formula is C21H25F2N5O4S. The monoisotopic (exact) mass is 481 g/mol. The molecule has 0 radical (unpaired) electrons. The lowest BCUT2D eigenvalue weighted by Gasteiger charge is -2.38. The van der Waals surface area contributed by atoms with E-state index >= 15 is 0 Å². The van der Waals surface area contributed by atoms with E-state index in [-0.39, 0.29) is 28.9 Å². The number of benzene rings is 1. The molecule has 2 aromatic rings. The minimum Gasteiger partial charge on any atom is -0.348 e. The summed E-state index contributed by atoms with van der Waals surface area (Å²) in [5.41, 5.74) is -0.735. The van der Waals surface area contributed by atoms with Gasteiger partial charge in [-0.2, -0.15) is 5.10 Å². The maximum atomic E-state index is 13.9. The van der Waals surface area contributed by atoms with Gasteiger partial charge in [0.1, 0.15) is 22.9 Å². The highest BCUT2D eigenvalue weighted by molar-refractivity contribution is 7.91. The molecule has 1 aliphatic heterocycles. The van der Waals surface area contributed by atoms with Crippen molar-refractivity contribution in [2.24, 2.45) is 0 Å². The number of carbonyl (C=O) groups excluding carboxylic acids is 2. The van der Waals surface area contributed by atoms with Crippen LogP contribution in [0.3, 0.4) is 0 Å². The van der Waals surface area contributed by atoms with Crippen LogP contribution in [0.25, 0.3) is 0 Å². The van der Waals surface area contributed by atoms with Crippen LogP contribution < -0.4 is 10.6 Å². The Kier molecular flexibility index (Phi) is 6.75. The van der Waals surface area contributed by atoms with Gasteiger partial charge >= 0.3 is 0 Å². The van der Waals surface area contributed by atoms with Gasteiger partial charge < -0.3 is 10.6 Å². The van der Waals surface area contributed by atoms with Gasteiger partial charge in [0, 0.05) is 25.2 Å². The van der Waals surface area contributed by atoms with Crippen molar-refractivity contribution in [1.29, 1.82) is 0 Å². The molecule has 0 atom stereocenters. The predicted molar refractivity (Wildman–Crippen MR) is 117 cm³/mol. The number of halogens is 2. The van der Waals surface area contributed by atoms with Gasteiger partial charge in [-0.05, 0) is 37.8 Å². The van der Waals surface area contributed by atoms with Crippen LogP contribution in [-0.2, 0) is 9.84 Å². The normalized spacial score (nSPS) is 23.1. The van der Waals surface area contributed by atoms with E-state index in [1.165, 1.54) is 6.20 Å². The number of rotatable bonds is 5. The van der Waals surface area contributed by atoms with E-state index in [0.717, 1.165) is 43.9 Å². The summed E-state index contributed by atoms with van der Waals surface area (Å²) in [5.74, 6) is -3.15. The molecule has 178 valence electrons. The highest BCUT2D eigenvalue weighted by atomic mass is 32.2. The highest BCUT2D eigenvalue weighted by Crippen LogP contribution is 2.25. The van der Waals surface area contributed by atoms with Crippen LogP contribution in [0, 0.1) is 11.6 Å². The molecule has 2 amide bonds. The fourth-order valence-corrected chi connectivity index (χ4v) is 5.62. The topological polar surface area (TPSA) is 124 Å². The minimum absolute atomic E-state index is 0.0107. The van der Waals surface area contributed by atoms with E-state index < -0.39 is 38.8 Å². The Morgan fingerprint density at radius 2 is 1.67 bits per heavy atom. The number of hydrogen-bond donors (Lipinski definition) is 3. The zero-order valence-electron chi connectivity index (χ0n) is 17.8. The maximum Gasteiger partial charge on any atom is 0.271 e. The molecule has 2 heterocycles. The molecule has 0 spiro atoms. The maximum absolute atomic E-state index is 13.9. The van der Waals surface area contributed by atoms with Gasteiger partial charge in [-0.3, -0.25) is 19.6 Å². The molecule has 2 fully saturated rings. The van der Waals surface area contributed by atoms with Gasteiger partial charge in [0.05, 0.1) is 23.4 Å². The van der Waals surface area contributed by atoms with Crippen molar-refractivity contribution in [1.82, 2.24) is 20.4 Å². The summed E-state index contributed by atoms with van der Waals surface area (Å²) in [6.07, 6.45) is 4.34. The van der Waals surface area contributed by atoms with Crippen molar-refractivity contribution >= 4 is 27.3 Å². The van der Waals surface area contributed by atoms with E-state index in [1.54, 1.807) is 0 Å². The average molecular weight is 482 g/mol. The molecule has 1 aromatic carbocycles. The number of H-pyrrole nitrogens is 1. The third kappa shape index (κ3) is 5.38. The Morgan fingerprint density at radius 3 is 2.30 bits per heavy atom. The summed E-state index contributed by atoms with van der Waals surface area (Å²) in [4.78, 5) is 27.3. The first-order chi connectivity index (χ1) is 15.7. The van der Waals surface area contributed by atoms with Crippen LogP contribution in [0.5, 0.6) is 0 Å². The SMILES string of the molecule is O=C(NC1CCC(N2CCS(=O)(=O)CC2)CC1)c1[nH]ncc1NC(=O)c1c(F)cccc1F. The molecule has 9 nitrogen and oxygen atoms in total. The molecule has 1 aliphatic carbocycles. The van der Waals surface area contributed by atoms with Crippen molar-refractivity contribution < 1.29 is 26.8 Å². The Hall–Kier alpha value is -2.86. The van der Waals surface area contributed by atoms with E-state index in [1.807, 2.05) is 0 Å². The molecule has 33 heavy (non-hydrogen) atoms. The van der Waals surface area contributed by atoms with Crippen molar-refractivity contribution in [2.45, 2.75) is 37.8 Å². The lowest BCUT2D eigenvalue weighted by molar-refractivity contribution is 0.0901. The van der Waals surface area contributed by atoms with Crippen LogP contribution in [0.1, 0.15) is 46.5 Å². The van der Waals surface area contributed by atoms with Gasteiger partial charge in [-0.15, -0.1) is 0 Å². The van der Waals surface area contributed by atoms with Gasteiger partial charge in [0.15, 0.2) is 9.84 Å². The standard InChI is InChI=1S/C21H25F2N5O4S/c22-15-2-1-3-16(23)18(15)20(29)26-17-12-24-27-19(17)21(30)25-13-4-6-14(7-5-13)28-8-10-33(31,32)11-9-28/h1-3,12-14H,4-11H2,(H,24,27)(H,25,30)(H,26,29). The second-order valence-corrected chi connectivity index (χ2v) is 10.7. The third-order valence-electron chi connectivity index (χ3n) is 6.23. The number of nitrogens with one attached hydrogen (secondary N) is 3. The summed E-state index contributed by atoms with van der Waals surface area (Å²) in [7, 11) is -2.92. The molecule has 1 aromatic heterocycles. The molecule has 3 N–H and O–H groups in total. The summed E-state index contributed by atoms with van der Waals surface area (Å²) in [5, 5.41) is 11.5. The molecule has 1 saturated heterocycles. The van der Waals surface area contributed by atoms with E-state index in [9.17, 15) is 26.8 Å². The zero-order valence-corrected chi connectivity index (χ0v) is 18.6. The predicted octanol–water partition coefficient (Wildman–Crippen LogP) is 1.71. The van der Waals surface area contributed by atoms with Gasteiger partial charge in [-0.1, -0.05) is 6.07 Å². The van der Waals surface area contributed by atoms with Crippen molar-refractivity contribution in [3.05, 3.63) is 47.3 Å². The second kappa shape index (κ2) is 9.56. The van der Waals surface area contributed by atoms with Crippen molar-refractivity contribution in [3.8, 4) is 0 Å². The van der Waals surface area contributed by atoms with E-state index in [2.05, 4.69) is 25.7 Å². The number of aromatic amines is 1. The second-order valence-electron chi connectivity index (χ2n) is 8.38. The molecule has 0 bridgehead atoms. The summed E-state index contributed by atoms with van der Waals surface area (Å²) >= 11 is 0. The smallest absolute Gasteiger partial charge is 0.271 e. The Labute approximate surface area is 189 Å². The zero-order chi connectivity index (χ0) is 23.6. The third-order valence-corrected chi connectivity index (χ3v) is 7.84. The number of hydrogen-bond acceptors (Lipinski definition) is 6. The van der Waals surface area contributed by atoms with Gasteiger partial charge in [-0.25, -0.2) is 17.2 Å². The first-order valence-corrected chi connectivity index (χ1v) is 12.6. The van der Waals surface area contributed by atoms with E-state index in [4.69, 9.17) is 0 Å². The molecule has 2 aliphatic rings. The van der Waals surface area contributed by atoms with Crippen LogP contribution in [-0.4, -0.2) is 72.0 Å². The molecule has 0 unspecified atom stereocenters. The Morgan fingerprint density at radius 1 is 1.03 bits per heavy atom. The Balaban J connectivity index is 1.32. The minimum atomic E-state index is -2.92. The van der Waals surface area contributed by atoms with Gasteiger partial charge in [0.2, 0.25) is 0 Å². The lowest BCUT2D eigenvalue weighted by Crippen LogP contribution is -2.49. The number of aromatic nitrogens is 2.